The number of nitrogens with zero attached hydrogens (tertiary/aromatic N) is 1. The van der Waals surface area contributed by atoms with Crippen LogP contribution in [0.1, 0.15) is 19.4 Å². The Kier molecular flexibility index (Phi) is 5.29. The maximum atomic E-state index is 3.24. The summed E-state index contributed by atoms with van der Waals surface area (Å²) >= 11 is 1.77. The van der Waals surface area contributed by atoms with Crippen LogP contribution in [0.25, 0.3) is 0 Å². The molecule has 3 heteroatoms. The van der Waals surface area contributed by atoms with E-state index in [-0.39, 0.29) is 0 Å². The molecule has 86 valence electrons. The fourth-order valence-electron chi connectivity index (χ4n) is 1.74. The minimum absolute atomic E-state index is 0.609. The molecular weight excluding hydrogens is 204 g/mol. The Morgan fingerprint density at radius 3 is 2.73 bits per heavy atom. The monoisotopic (exact) mass is 226 g/mol. The van der Waals surface area contributed by atoms with Gasteiger partial charge in [-0.15, -0.1) is 0 Å². The molecule has 0 aliphatic heterocycles. The lowest BCUT2D eigenvalue weighted by Crippen LogP contribution is -2.37. The number of hydrogen-bond donors (Lipinski definition) is 1. The van der Waals surface area contributed by atoms with Gasteiger partial charge < -0.3 is 5.32 Å². The molecular formula is C12H22N2S. The van der Waals surface area contributed by atoms with Crippen molar-refractivity contribution in [2.45, 2.75) is 26.4 Å². The molecule has 0 aliphatic carbocycles. The topological polar surface area (TPSA) is 15.3 Å². The second-order valence-corrected chi connectivity index (χ2v) is 5.10. The lowest BCUT2D eigenvalue weighted by molar-refractivity contribution is 0.190. The normalized spacial score (nSPS) is 15.5. The second kappa shape index (κ2) is 6.26. The zero-order valence-electron chi connectivity index (χ0n) is 10.2. The maximum Gasteiger partial charge on any atom is 0.0241 e. The molecule has 1 N–H and O–H groups in total. The van der Waals surface area contributed by atoms with Crippen molar-refractivity contribution in [2.24, 2.45) is 5.92 Å². The van der Waals surface area contributed by atoms with Crippen molar-refractivity contribution < 1.29 is 0 Å². The molecule has 2 atom stereocenters. The summed E-state index contributed by atoms with van der Waals surface area (Å²) in [5.74, 6) is 0.679. The molecule has 0 aliphatic rings. The van der Waals surface area contributed by atoms with E-state index in [1.807, 2.05) is 7.05 Å². The van der Waals surface area contributed by atoms with E-state index in [0.29, 0.717) is 12.0 Å². The van der Waals surface area contributed by atoms with Crippen LogP contribution in [-0.2, 0) is 6.54 Å². The van der Waals surface area contributed by atoms with Crippen LogP contribution in [0.15, 0.2) is 16.8 Å². The second-order valence-electron chi connectivity index (χ2n) is 4.32. The lowest BCUT2D eigenvalue weighted by Gasteiger charge is -2.29. The zero-order valence-corrected chi connectivity index (χ0v) is 11.0. The molecule has 1 aromatic heterocycles. The highest BCUT2D eigenvalue weighted by Gasteiger charge is 2.16. The highest BCUT2D eigenvalue weighted by Crippen LogP contribution is 2.14. The summed E-state index contributed by atoms with van der Waals surface area (Å²) in [5.41, 5.74) is 1.42. The molecule has 2 unspecified atom stereocenters. The third-order valence-corrected chi connectivity index (χ3v) is 3.79. The van der Waals surface area contributed by atoms with Crippen LogP contribution in [-0.4, -0.2) is 31.6 Å². The predicted octanol–water partition coefficient (Wildman–Crippen LogP) is 2.42. The Morgan fingerprint density at radius 2 is 2.20 bits per heavy atom. The van der Waals surface area contributed by atoms with E-state index >= 15 is 0 Å². The van der Waals surface area contributed by atoms with E-state index in [1.165, 1.54) is 5.56 Å². The quantitative estimate of drug-likeness (QED) is 0.801. The Balaban J connectivity index is 2.42. The first-order valence-electron chi connectivity index (χ1n) is 5.51. The predicted molar refractivity (Wildman–Crippen MR) is 68.3 cm³/mol. The van der Waals surface area contributed by atoms with Gasteiger partial charge in [0.2, 0.25) is 0 Å². The first kappa shape index (κ1) is 12.7. The number of hydrogen-bond acceptors (Lipinski definition) is 3. The summed E-state index contributed by atoms with van der Waals surface area (Å²) < 4.78 is 0. The van der Waals surface area contributed by atoms with E-state index in [0.717, 1.165) is 13.1 Å². The third-order valence-electron chi connectivity index (χ3n) is 3.06. The number of rotatable bonds is 6. The average Bonchev–Trinajstić information content (AvgIpc) is 2.69. The zero-order chi connectivity index (χ0) is 11.3. The number of nitrogens with one attached hydrogen (secondary N) is 1. The van der Waals surface area contributed by atoms with Gasteiger partial charge in [-0.05, 0) is 55.9 Å². The maximum absolute atomic E-state index is 3.24. The first-order chi connectivity index (χ1) is 7.15. The minimum atomic E-state index is 0.609. The molecule has 2 nitrogen and oxygen atoms in total. The van der Waals surface area contributed by atoms with Crippen LogP contribution in [0, 0.1) is 5.92 Å². The molecule has 1 aromatic rings. The van der Waals surface area contributed by atoms with Crippen molar-refractivity contribution in [3.05, 3.63) is 22.4 Å². The van der Waals surface area contributed by atoms with E-state index < -0.39 is 0 Å². The highest BCUT2D eigenvalue weighted by molar-refractivity contribution is 7.07. The van der Waals surface area contributed by atoms with Gasteiger partial charge in [0.25, 0.3) is 0 Å². The summed E-state index contributed by atoms with van der Waals surface area (Å²) in [6.07, 6.45) is 0. The Bertz CT molecular complexity index is 259. The van der Waals surface area contributed by atoms with Gasteiger partial charge in [0.1, 0.15) is 0 Å². The van der Waals surface area contributed by atoms with Crippen LogP contribution in [0.3, 0.4) is 0 Å². The van der Waals surface area contributed by atoms with Gasteiger partial charge >= 0.3 is 0 Å². The SMILES string of the molecule is CNCC(C)C(C)N(C)Cc1ccsc1. The molecule has 15 heavy (non-hydrogen) atoms. The summed E-state index contributed by atoms with van der Waals surface area (Å²) in [4.78, 5) is 2.42. The third kappa shape index (κ3) is 3.93. The summed E-state index contributed by atoms with van der Waals surface area (Å²) in [5, 5.41) is 7.61. The van der Waals surface area contributed by atoms with Crippen molar-refractivity contribution in [2.75, 3.05) is 20.6 Å². The van der Waals surface area contributed by atoms with E-state index in [2.05, 4.69) is 47.9 Å². The Labute approximate surface area is 97.3 Å². The molecule has 0 saturated carbocycles. The minimum Gasteiger partial charge on any atom is -0.319 e. The Hall–Kier alpha value is -0.380. The fourth-order valence-corrected chi connectivity index (χ4v) is 2.40. The van der Waals surface area contributed by atoms with E-state index in [1.54, 1.807) is 11.3 Å². The fraction of sp³-hybridized carbons (Fsp3) is 0.667. The largest absolute Gasteiger partial charge is 0.319 e. The number of thiophene rings is 1. The summed E-state index contributed by atoms with van der Waals surface area (Å²) in [7, 11) is 4.22. The molecule has 1 heterocycles. The van der Waals surface area contributed by atoms with Crippen molar-refractivity contribution in [3.8, 4) is 0 Å². The van der Waals surface area contributed by atoms with Crippen molar-refractivity contribution in [1.29, 1.82) is 0 Å². The summed E-state index contributed by atoms with van der Waals surface area (Å²) in [6, 6.07) is 2.81. The van der Waals surface area contributed by atoms with Crippen LogP contribution in [0.5, 0.6) is 0 Å². The molecule has 0 bridgehead atoms. The van der Waals surface area contributed by atoms with Crippen molar-refractivity contribution >= 4 is 11.3 Å². The smallest absolute Gasteiger partial charge is 0.0241 e. The van der Waals surface area contributed by atoms with Gasteiger partial charge in [-0.3, -0.25) is 4.90 Å². The van der Waals surface area contributed by atoms with E-state index in [9.17, 15) is 0 Å². The van der Waals surface area contributed by atoms with Crippen LogP contribution in [0.4, 0.5) is 0 Å². The van der Waals surface area contributed by atoms with Crippen LogP contribution < -0.4 is 5.32 Å². The lowest BCUT2D eigenvalue weighted by atomic mass is 10.0. The first-order valence-corrected chi connectivity index (χ1v) is 6.45. The molecule has 0 aromatic carbocycles. The van der Waals surface area contributed by atoms with Gasteiger partial charge in [-0.2, -0.15) is 11.3 Å². The highest BCUT2D eigenvalue weighted by atomic mass is 32.1. The van der Waals surface area contributed by atoms with Gasteiger partial charge in [-0.25, -0.2) is 0 Å². The van der Waals surface area contributed by atoms with Gasteiger partial charge in [0.15, 0.2) is 0 Å². The van der Waals surface area contributed by atoms with Gasteiger partial charge in [0, 0.05) is 12.6 Å². The molecule has 1 rings (SSSR count). The standard InChI is InChI=1S/C12H22N2S/c1-10(7-13-3)11(2)14(4)8-12-5-6-15-9-12/h5-6,9-11,13H,7-8H2,1-4H3. The molecule has 0 spiro atoms. The van der Waals surface area contributed by atoms with Crippen molar-refractivity contribution in [3.63, 3.8) is 0 Å². The van der Waals surface area contributed by atoms with Crippen LogP contribution >= 0.6 is 11.3 Å². The summed E-state index contributed by atoms with van der Waals surface area (Å²) in [6.45, 7) is 6.73. The Morgan fingerprint density at radius 1 is 1.47 bits per heavy atom. The van der Waals surface area contributed by atoms with E-state index in [4.69, 9.17) is 0 Å². The average molecular weight is 226 g/mol. The van der Waals surface area contributed by atoms with Gasteiger partial charge in [-0.1, -0.05) is 6.92 Å². The van der Waals surface area contributed by atoms with Crippen LogP contribution in [0.2, 0.25) is 0 Å². The van der Waals surface area contributed by atoms with Gasteiger partial charge in [0.05, 0.1) is 0 Å². The molecule has 0 fully saturated rings. The molecule has 0 amide bonds. The molecule has 0 saturated heterocycles. The molecule has 0 radical (unpaired) electrons. The van der Waals surface area contributed by atoms with Crippen molar-refractivity contribution in [1.82, 2.24) is 10.2 Å².